The van der Waals surface area contributed by atoms with Crippen LogP contribution in [0, 0.1) is 5.92 Å². The molecule has 2 heterocycles. The van der Waals surface area contributed by atoms with Crippen LogP contribution in [0.15, 0.2) is 4.99 Å². The van der Waals surface area contributed by atoms with Crippen molar-refractivity contribution in [3.05, 3.63) is 11.6 Å². The third-order valence-corrected chi connectivity index (χ3v) is 5.38. The van der Waals surface area contributed by atoms with Gasteiger partial charge >= 0.3 is 0 Å². The highest BCUT2D eigenvalue weighted by molar-refractivity contribution is 5.79. The lowest BCUT2D eigenvalue weighted by atomic mass is 10.0. The Morgan fingerprint density at radius 2 is 2.00 bits per heavy atom. The number of hydrogen-bond donors (Lipinski definition) is 2. The zero-order valence-electron chi connectivity index (χ0n) is 15.1. The van der Waals surface area contributed by atoms with Gasteiger partial charge in [-0.25, -0.2) is 0 Å². The molecule has 1 aromatic heterocycles. The quantitative estimate of drug-likeness (QED) is 0.458. The van der Waals surface area contributed by atoms with Crippen molar-refractivity contribution in [3.8, 4) is 0 Å². The van der Waals surface area contributed by atoms with Crippen LogP contribution in [0.2, 0.25) is 0 Å². The molecule has 0 saturated heterocycles. The molecule has 6 nitrogen and oxygen atoms in total. The van der Waals surface area contributed by atoms with E-state index in [1.54, 1.807) is 0 Å². The zero-order valence-corrected chi connectivity index (χ0v) is 15.1. The first kappa shape index (κ1) is 17.2. The topological polar surface area (TPSA) is 67.1 Å². The van der Waals surface area contributed by atoms with Crippen LogP contribution < -0.4 is 10.6 Å². The molecule has 2 N–H and O–H groups in total. The average molecular weight is 332 g/mol. The first-order chi connectivity index (χ1) is 11.9. The minimum absolute atomic E-state index is 0.689. The number of rotatable bonds is 7. The number of aliphatic imine (C=N–C) groups is 1. The van der Waals surface area contributed by atoms with Crippen molar-refractivity contribution in [3.63, 3.8) is 0 Å². The Morgan fingerprint density at radius 3 is 2.83 bits per heavy atom. The lowest BCUT2D eigenvalue weighted by Crippen LogP contribution is -2.38. The first-order valence-electron chi connectivity index (χ1n) is 9.72. The summed E-state index contributed by atoms with van der Waals surface area (Å²) < 4.78 is 2.26. The molecule has 0 bridgehead atoms. The largest absolute Gasteiger partial charge is 0.356 e. The lowest BCUT2D eigenvalue weighted by Gasteiger charge is -2.16. The smallest absolute Gasteiger partial charge is 0.191 e. The molecular formula is C18H32N6. The maximum Gasteiger partial charge on any atom is 0.191 e. The molecule has 0 spiro atoms. The fraction of sp³-hybridized carbons (Fsp3) is 0.833. The van der Waals surface area contributed by atoms with E-state index in [1.807, 2.05) is 7.05 Å². The molecule has 2 aliphatic rings. The summed E-state index contributed by atoms with van der Waals surface area (Å²) in [6.45, 7) is 2.73. The van der Waals surface area contributed by atoms with E-state index in [4.69, 9.17) is 0 Å². The summed E-state index contributed by atoms with van der Waals surface area (Å²) in [5.74, 6) is 4.02. The van der Waals surface area contributed by atoms with Gasteiger partial charge in [-0.15, -0.1) is 10.2 Å². The molecular weight excluding hydrogens is 300 g/mol. The van der Waals surface area contributed by atoms with Gasteiger partial charge in [-0.1, -0.05) is 38.5 Å². The van der Waals surface area contributed by atoms with Gasteiger partial charge in [0.2, 0.25) is 0 Å². The van der Waals surface area contributed by atoms with Crippen molar-refractivity contribution in [1.29, 1.82) is 0 Å². The molecule has 24 heavy (non-hydrogen) atoms. The molecule has 1 fully saturated rings. The van der Waals surface area contributed by atoms with Crippen LogP contribution in [0.5, 0.6) is 0 Å². The van der Waals surface area contributed by atoms with Crippen molar-refractivity contribution < 1.29 is 0 Å². The normalized spacial score (nSPS) is 18.6. The second kappa shape index (κ2) is 9.04. The summed E-state index contributed by atoms with van der Waals surface area (Å²) in [5, 5.41) is 15.4. The molecule has 1 aliphatic carbocycles. The Balaban J connectivity index is 1.34. The predicted octanol–water partition coefficient (Wildman–Crippen LogP) is 2.64. The van der Waals surface area contributed by atoms with Crippen molar-refractivity contribution in [2.45, 2.75) is 77.3 Å². The number of nitrogens with zero attached hydrogens (tertiary/aromatic N) is 4. The standard InChI is InChI=1S/C18H32N6/c1-19-18(20-12-6-4-10-15-8-2-3-9-15)21-14-17-23-22-16-11-5-7-13-24(16)17/h15H,2-14H2,1H3,(H2,19,20,21). The Morgan fingerprint density at radius 1 is 1.12 bits per heavy atom. The third kappa shape index (κ3) is 4.71. The fourth-order valence-corrected chi connectivity index (χ4v) is 3.95. The number of guanidine groups is 1. The van der Waals surface area contributed by atoms with Gasteiger partial charge in [0.1, 0.15) is 5.82 Å². The van der Waals surface area contributed by atoms with Crippen molar-refractivity contribution in [1.82, 2.24) is 25.4 Å². The van der Waals surface area contributed by atoms with Gasteiger partial charge in [0.05, 0.1) is 6.54 Å². The van der Waals surface area contributed by atoms with Crippen LogP contribution in [0.25, 0.3) is 0 Å². The third-order valence-electron chi connectivity index (χ3n) is 5.38. The molecule has 1 aromatic rings. The van der Waals surface area contributed by atoms with E-state index in [0.29, 0.717) is 6.54 Å². The van der Waals surface area contributed by atoms with E-state index >= 15 is 0 Å². The number of hydrogen-bond acceptors (Lipinski definition) is 3. The summed E-state index contributed by atoms with van der Waals surface area (Å²) >= 11 is 0. The van der Waals surface area contributed by atoms with Gasteiger partial charge in [0.15, 0.2) is 11.8 Å². The molecule has 134 valence electrons. The first-order valence-corrected chi connectivity index (χ1v) is 9.72. The fourth-order valence-electron chi connectivity index (χ4n) is 3.95. The van der Waals surface area contributed by atoms with Gasteiger partial charge in [-0.2, -0.15) is 0 Å². The van der Waals surface area contributed by atoms with Gasteiger partial charge in [0.25, 0.3) is 0 Å². The van der Waals surface area contributed by atoms with Crippen LogP contribution >= 0.6 is 0 Å². The van der Waals surface area contributed by atoms with Crippen LogP contribution in [0.1, 0.15) is 69.4 Å². The second-order valence-electron chi connectivity index (χ2n) is 7.14. The van der Waals surface area contributed by atoms with Crippen molar-refractivity contribution in [2.24, 2.45) is 10.9 Å². The molecule has 3 rings (SSSR count). The molecule has 1 aliphatic heterocycles. The monoisotopic (exact) mass is 332 g/mol. The summed E-state index contributed by atoms with van der Waals surface area (Å²) in [6, 6.07) is 0. The zero-order chi connectivity index (χ0) is 16.6. The van der Waals surface area contributed by atoms with Crippen LogP contribution in [0.4, 0.5) is 0 Å². The van der Waals surface area contributed by atoms with E-state index in [9.17, 15) is 0 Å². The molecule has 1 saturated carbocycles. The van der Waals surface area contributed by atoms with Gasteiger partial charge in [-0.05, 0) is 25.2 Å². The van der Waals surface area contributed by atoms with Crippen LogP contribution in [-0.2, 0) is 19.5 Å². The maximum absolute atomic E-state index is 4.33. The van der Waals surface area contributed by atoms with E-state index in [-0.39, 0.29) is 0 Å². The molecule has 0 unspecified atom stereocenters. The minimum atomic E-state index is 0.689. The second-order valence-corrected chi connectivity index (χ2v) is 7.14. The van der Waals surface area contributed by atoms with Gasteiger partial charge in [-0.3, -0.25) is 4.99 Å². The summed E-state index contributed by atoms with van der Waals surface area (Å²) in [5.41, 5.74) is 0. The van der Waals surface area contributed by atoms with Gasteiger partial charge in [0, 0.05) is 26.6 Å². The van der Waals surface area contributed by atoms with E-state index < -0.39 is 0 Å². The molecule has 0 atom stereocenters. The number of fused-ring (bicyclic) bond motifs is 1. The summed E-state index contributed by atoms with van der Waals surface area (Å²) in [4.78, 5) is 4.31. The van der Waals surface area contributed by atoms with E-state index in [1.165, 1.54) is 57.8 Å². The number of aromatic nitrogens is 3. The van der Waals surface area contributed by atoms with Gasteiger partial charge < -0.3 is 15.2 Å². The lowest BCUT2D eigenvalue weighted by molar-refractivity contribution is 0.472. The number of nitrogens with one attached hydrogen (secondary N) is 2. The summed E-state index contributed by atoms with van der Waals surface area (Å²) in [6.07, 6.45) is 13.3. The Bertz CT molecular complexity index is 530. The molecule has 6 heteroatoms. The molecule has 0 radical (unpaired) electrons. The highest BCUT2D eigenvalue weighted by atomic mass is 15.3. The summed E-state index contributed by atoms with van der Waals surface area (Å²) in [7, 11) is 1.83. The number of aryl methyl sites for hydroxylation is 1. The Labute approximate surface area is 145 Å². The maximum atomic E-state index is 4.33. The molecule has 0 aromatic carbocycles. The highest BCUT2D eigenvalue weighted by Gasteiger charge is 2.16. The van der Waals surface area contributed by atoms with Crippen molar-refractivity contribution >= 4 is 5.96 Å². The Hall–Kier alpha value is -1.59. The van der Waals surface area contributed by atoms with E-state index in [0.717, 1.165) is 43.0 Å². The van der Waals surface area contributed by atoms with Crippen LogP contribution in [-0.4, -0.2) is 34.3 Å². The SMILES string of the molecule is CN=C(NCCCCC1CCCC1)NCc1nnc2n1CCCC2. The Kier molecular flexibility index (Phi) is 6.49. The highest BCUT2D eigenvalue weighted by Crippen LogP contribution is 2.28. The number of unbranched alkanes of at least 4 members (excludes halogenated alkanes) is 1. The van der Waals surface area contributed by atoms with E-state index in [2.05, 4.69) is 30.4 Å². The van der Waals surface area contributed by atoms with Crippen molar-refractivity contribution in [2.75, 3.05) is 13.6 Å². The minimum Gasteiger partial charge on any atom is -0.356 e. The average Bonchev–Trinajstić information content (AvgIpc) is 3.27. The van der Waals surface area contributed by atoms with Crippen LogP contribution in [0.3, 0.4) is 0 Å². The predicted molar refractivity (Wildman–Crippen MR) is 97.0 cm³/mol. The molecule has 0 amide bonds.